The zero-order valence-electron chi connectivity index (χ0n) is 9.33. The normalized spacial score (nSPS) is 16.0. The van der Waals surface area contributed by atoms with Crippen molar-refractivity contribution < 1.29 is 9.90 Å². The molecule has 0 spiro atoms. The van der Waals surface area contributed by atoms with E-state index < -0.39 is 5.97 Å². The topological polar surface area (TPSA) is 68.0 Å². The summed E-state index contributed by atoms with van der Waals surface area (Å²) in [5, 5.41) is 8.92. The summed E-state index contributed by atoms with van der Waals surface area (Å²) in [6, 6.07) is 4.08. The van der Waals surface area contributed by atoms with Gasteiger partial charge in [-0.3, -0.25) is 4.79 Å². The average molecular weight is 231 g/mol. The molecule has 0 aromatic carbocycles. The third-order valence-electron chi connectivity index (χ3n) is 3.27. The van der Waals surface area contributed by atoms with E-state index in [0.29, 0.717) is 11.9 Å². The Morgan fingerprint density at radius 2 is 2.35 bits per heavy atom. The van der Waals surface area contributed by atoms with E-state index in [9.17, 15) is 4.79 Å². The first-order valence-electron chi connectivity index (χ1n) is 5.79. The molecule has 17 heavy (non-hydrogen) atoms. The van der Waals surface area contributed by atoms with Crippen LogP contribution in [0.25, 0.3) is 11.2 Å². The highest BCUT2D eigenvalue weighted by Gasteiger charge is 2.25. The van der Waals surface area contributed by atoms with Gasteiger partial charge in [0.1, 0.15) is 17.8 Å². The van der Waals surface area contributed by atoms with Crippen molar-refractivity contribution in [3.05, 3.63) is 24.2 Å². The third kappa shape index (κ3) is 1.67. The van der Waals surface area contributed by atoms with Crippen LogP contribution >= 0.6 is 0 Å². The first-order valence-corrected chi connectivity index (χ1v) is 5.79. The SMILES string of the molecule is O=C(O)Cc1nc2cccnc2n1C1CCC1. The van der Waals surface area contributed by atoms with E-state index in [0.717, 1.165) is 24.0 Å². The highest BCUT2D eigenvalue weighted by Crippen LogP contribution is 2.34. The minimum absolute atomic E-state index is 0.0349. The second-order valence-electron chi connectivity index (χ2n) is 4.40. The Bertz CT molecular complexity index is 572. The van der Waals surface area contributed by atoms with Gasteiger partial charge in [-0.2, -0.15) is 0 Å². The number of pyridine rings is 1. The van der Waals surface area contributed by atoms with Crippen LogP contribution in [-0.2, 0) is 11.2 Å². The molecule has 0 amide bonds. The first kappa shape index (κ1) is 10.3. The fourth-order valence-corrected chi connectivity index (χ4v) is 2.27. The number of rotatable bonds is 3. The molecule has 0 unspecified atom stereocenters. The predicted octanol–water partition coefficient (Wildman–Crippen LogP) is 1.78. The van der Waals surface area contributed by atoms with Crippen LogP contribution in [0.15, 0.2) is 18.3 Å². The molecule has 0 aliphatic heterocycles. The highest BCUT2D eigenvalue weighted by atomic mass is 16.4. The Balaban J connectivity index is 2.14. The number of hydrogen-bond acceptors (Lipinski definition) is 3. The van der Waals surface area contributed by atoms with Gasteiger partial charge >= 0.3 is 5.97 Å². The number of nitrogens with zero attached hydrogens (tertiary/aromatic N) is 3. The van der Waals surface area contributed by atoms with Gasteiger partial charge in [0.15, 0.2) is 5.65 Å². The first-order chi connectivity index (χ1) is 8.25. The Morgan fingerprint density at radius 1 is 1.53 bits per heavy atom. The van der Waals surface area contributed by atoms with Crippen LogP contribution < -0.4 is 0 Å². The van der Waals surface area contributed by atoms with Gasteiger partial charge in [0.05, 0.1) is 0 Å². The zero-order chi connectivity index (χ0) is 11.8. The van der Waals surface area contributed by atoms with Crippen LogP contribution in [0.1, 0.15) is 31.1 Å². The number of aliphatic carboxylic acids is 1. The predicted molar refractivity (Wildman–Crippen MR) is 61.8 cm³/mol. The van der Waals surface area contributed by atoms with Crippen molar-refractivity contribution in [1.82, 2.24) is 14.5 Å². The maximum atomic E-state index is 10.9. The summed E-state index contributed by atoms with van der Waals surface area (Å²) in [6.07, 6.45) is 5.07. The van der Waals surface area contributed by atoms with Crippen molar-refractivity contribution in [2.24, 2.45) is 0 Å². The number of fused-ring (bicyclic) bond motifs is 1. The van der Waals surface area contributed by atoms with Crippen molar-refractivity contribution in [3.8, 4) is 0 Å². The monoisotopic (exact) mass is 231 g/mol. The van der Waals surface area contributed by atoms with Gasteiger partial charge in [-0.15, -0.1) is 0 Å². The Hall–Kier alpha value is -1.91. The molecule has 1 aliphatic carbocycles. The molecule has 0 saturated heterocycles. The molecule has 0 atom stereocenters. The fraction of sp³-hybridized carbons (Fsp3) is 0.417. The van der Waals surface area contributed by atoms with Crippen LogP contribution in [0.4, 0.5) is 0 Å². The smallest absolute Gasteiger partial charge is 0.311 e. The highest BCUT2D eigenvalue weighted by molar-refractivity contribution is 5.75. The van der Waals surface area contributed by atoms with Gasteiger partial charge < -0.3 is 9.67 Å². The summed E-state index contributed by atoms with van der Waals surface area (Å²) in [7, 11) is 0. The zero-order valence-corrected chi connectivity index (χ0v) is 9.33. The molecule has 3 rings (SSSR count). The van der Waals surface area contributed by atoms with Crippen LogP contribution in [0.2, 0.25) is 0 Å². The molecule has 5 nitrogen and oxygen atoms in total. The van der Waals surface area contributed by atoms with Crippen LogP contribution in [0.3, 0.4) is 0 Å². The van der Waals surface area contributed by atoms with Gasteiger partial charge in [0, 0.05) is 12.2 Å². The van der Waals surface area contributed by atoms with Gasteiger partial charge in [-0.05, 0) is 31.4 Å². The Labute approximate surface area is 98.1 Å². The molecular formula is C12H13N3O2. The Morgan fingerprint density at radius 3 is 3.00 bits per heavy atom. The maximum Gasteiger partial charge on any atom is 0.311 e. The summed E-state index contributed by atoms with van der Waals surface area (Å²) in [4.78, 5) is 19.5. The summed E-state index contributed by atoms with van der Waals surface area (Å²) in [6.45, 7) is 0. The van der Waals surface area contributed by atoms with E-state index in [4.69, 9.17) is 5.11 Å². The van der Waals surface area contributed by atoms with Crippen molar-refractivity contribution in [2.45, 2.75) is 31.7 Å². The van der Waals surface area contributed by atoms with Gasteiger partial charge in [0.25, 0.3) is 0 Å². The van der Waals surface area contributed by atoms with E-state index in [2.05, 4.69) is 9.97 Å². The lowest BCUT2D eigenvalue weighted by Crippen LogP contribution is -2.21. The molecule has 1 aliphatic rings. The second-order valence-corrected chi connectivity index (χ2v) is 4.40. The lowest BCUT2D eigenvalue weighted by atomic mass is 9.92. The number of carboxylic acid groups (broad SMARTS) is 1. The van der Waals surface area contributed by atoms with E-state index >= 15 is 0 Å². The second kappa shape index (κ2) is 3.84. The van der Waals surface area contributed by atoms with Crippen molar-refractivity contribution in [1.29, 1.82) is 0 Å². The van der Waals surface area contributed by atoms with Gasteiger partial charge in [-0.25, -0.2) is 9.97 Å². The van der Waals surface area contributed by atoms with Gasteiger partial charge in [-0.1, -0.05) is 0 Å². The number of carboxylic acids is 1. The number of aromatic nitrogens is 3. The summed E-state index contributed by atoms with van der Waals surface area (Å²) < 4.78 is 2.01. The standard InChI is InChI=1S/C12H13N3O2/c16-11(17)7-10-14-9-5-2-6-13-12(9)15(10)8-3-1-4-8/h2,5-6,8H,1,3-4,7H2,(H,16,17). The van der Waals surface area contributed by atoms with Crippen LogP contribution in [-0.4, -0.2) is 25.6 Å². The molecule has 0 radical (unpaired) electrons. The van der Waals surface area contributed by atoms with E-state index in [1.54, 1.807) is 6.20 Å². The molecule has 88 valence electrons. The molecule has 2 aromatic heterocycles. The largest absolute Gasteiger partial charge is 0.481 e. The fourth-order valence-electron chi connectivity index (χ4n) is 2.27. The molecule has 0 bridgehead atoms. The van der Waals surface area contributed by atoms with E-state index in [1.165, 1.54) is 6.42 Å². The van der Waals surface area contributed by atoms with E-state index in [-0.39, 0.29) is 6.42 Å². The van der Waals surface area contributed by atoms with Gasteiger partial charge in [0.2, 0.25) is 0 Å². The minimum Gasteiger partial charge on any atom is -0.481 e. The molecular weight excluding hydrogens is 218 g/mol. The third-order valence-corrected chi connectivity index (χ3v) is 3.27. The van der Waals surface area contributed by atoms with E-state index in [1.807, 2.05) is 16.7 Å². The van der Waals surface area contributed by atoms with Crippen LogP contribution in [0, 0.1) is 0 Å². The lowest BCUT2D eigenvalue weighted by molar-refractivity contribution is -0.136. The van der Waals surface area contributed by atoms with Crippen molar-refractivity contribution in [3.63, 3.8) is 0 Å². The molecule has 2 heterocycles. The number of carbonyl (C=O) groups is 1. The average Bonchev–Trinajstić information content (AvgIpc) is 2.54. The molecule has 1 saturated carbocycles. The van der Waals surface area contributed by atoms with Crippen molar-refractivity contribution >= 4 is 17.1 Å². The lowest BCUT2D eigenvalue weighted by Gasteiger charge is -2.28. The summed E-state index contributed by atoms with van der Waals surface area (Å²) >= 11 is 0. The summed E-state index contributed by atoms with van der Waals surface area (Å²) in [5.74, 6) is -0.225. The molecule has 1 fully saturated rings. The Kier molecular flexibility index (Phi) is 2.31. The van der Waals surface area contributed by atoms with Crippen LogP contribution in [0.5, 0.6) is 0 Å². The van der Waals surface area contributed by atoms with Crippen molar-refractivity contribution in [2.75, 3.05) is 0 Å². The number of hydrogen-bond donors (Lipinski definition) is 1. The maximum absolute atomic E-state index is 10.9. The summed E-state index contributed by atoms with van der Waals surface area (Å²) in [5.41, 5.74) is 1.60. The number of imidazole rings is 1. The minimum atomic E-state index is -0.846. The molecule has 1 N–H and O–H groups in total. The quantitative estimate of drug-likeness (QED) is 0.874. The molecule has 5 heteroatoms. The molecule has 2 aromatic rings.